The van der Waals surface area contributed by atoms with Crippen molar-refractivity contribution < 1.29 is 24.3 Å². The number of amides is 3. The van der Waals surface area contributed by atoms with E-state index in [-0.39, 0.29) is 24.7 Å². The molecule has 5 N–H and O–H groups in total. The van der Waals surface area contributed by atoms with Crippen LogP contribution in [0.25, 0.3) is 10.9 Å². The van der Waals surface area contributed by atoms with Gasteiger partial charge >= 0.3 is 0 Å². The second-order valence-electron chi connectivity index (χ2n) is 7.97. The number of para-hydroxylation sites is 1. The average molecular weight is 433 g/mol. The molecule has 3 amide bonds. The molecular formula is C22H32N4O5. The van der Waals surface area contributed by atoms with E-state index < -0.39 is 23.8 Å². The minimum absolute atomic E-state index is 0.157. The zero-order chi connectivity index (χ0) is 22.8. The van der Waals surface area contributed by atoms with E-state index in [1.807, 2.05) is 44.3 Å². The molecule has 0 unspecified atom stereocenters. The van der Waals surface area contributed by atoms with Gasteiger partial charge in [-0.3, -0.25) is 19.6 Å². The van der Waals surface area contributed by atoms with Crippen LogP contribution in [0.1, 0.15) is 32.3 Å². The van der Waals surface area contributed by atoms with Crippen LogP contribution in [0.15, 0.2) is 30.5 Å². The van der Waals surface area contributed by atoms with E-state index in [1.54, 1.807) is 12.6 Å². The molecule has 9 heteroatoms. The number of nitrogens with one attached hydrogen (secondary N) is 4. The number of ether oxygens (including phenoxy) is 1. The molecule has 0 saturated carbocycles. The van der Waals surface area contributed by atoms with Gasteiger partial charge in [-0.1, -0.05) is 32.0 Å². The number of aromatic amines is 1. The number of benzene rings is 1. The van der Waals surface area contributed by atoms with E-state index in [0.717, 1.165) is 16.5 Å². The number of H-pyrrole nitrogens is 1. The van der Waals surface area contributed by atoms with Crippen LogP contribution < -0.4 is 16.1 Å². The van der Waals surface area contributed by atoms with Gasteiger partial charge in [0, 0.05) is 49.5 Å². The molecule has 0 aliphatic carbocycles. The standard InChI is InChI=1S/C22H32N4O5/c1-14(2)10-15(12-20(27)26-30)21(28)25-19(22(29)23-8-9-31-3)11-16-13-24-18-7-5-4-6-17(16)18/h4-7,13-15,19,24,30H,8-12H2,1-3H3,(H,23,29)(H,25,28)(H,26,27)/t15-,19+/m1/s1. The molecule has 1 aromatic carbocycles. The summed E-state index contributed by atoms with van der Waals surface area (Å²) in [5.74, 6) is -1.87. The van der Waals surface area contributed by atoms with E-state index in [2.05, 4.69) is 15.6 Å². The highest BCUT2D eigenvalue weighted by Crippen LogP contribution is 2.20. The Labute approximate surface area is 181 Å². The monoisotopic (exact) mass is 432 g/mol. The molecule has 0 spiro atoms. The van der Waals surface area contributed by atoms with Crippen LogP contribution in [0, 0.1) is 11.8 Å². The number of carbonyl (C=O) groups is 3. The lowest BCUT2D eigenvalue weighted by Crippen LogP contribution is -2.50. The van der Waals surface area contributed by atoms with E-state index in [9.17, 15) is 14.4 Å². The Bertz CT molecular complexity index is 880. The fourth-order valence-corrected chi connectivity index (χ4v) is 3.54. The number of methoxy groups -OCH3 is 1. The number of carbonyl (C=O) groups excluding carboxylic acids is 3. The first-order valence-electron chi connectivity index (χ1n) is 10.4. The van der Waals surface area contributed by atoms with Gasteiger partial charge in [-0.2, -0.15) is 0 Å². The van der Waals surface area contributed by atoms with Crippen LogP contribution in [-0.2, 0) is 25.5 Å². The normalized spacial score (nSPS) is 13.1. The average Bonchev–Trinajstić information content (AvgIpc) is 3.15. The van der Waals surface area contributed by atoms with Crippen molar-refractivity contribution in [1.29, 1.82) is 0 Å². The van der Waals surface area contributed by atoms with E-state index in [1.165, 1.54) is 0 Å². The summed E-state index contributed by atoms with van der Waals surface area (Å²) in [6.07, 6.45) is 2.40. The zero-order valence-corrected chi connectivity index (χ0v) is 18.2. The van der Waals surface area contributed by atoms with Gasteiger partial charge in [-0.15, -0.1) is 0 Å². The highest BCUT2D eigenvalue weighted by molar-refractivity contribution is 5.91. The predicted octanol–water partition coefficient (Wildman–Crippen LogP) is 1.52. The Morgan fingerprint density at radius 1 is 1.16 bits per heavy atom. The number of hydroxylamine groups is 1. The molecule has 31 heavy (non-hydrogen) atoms. The molecule has 2 atom stereocenters. The number of aromatic nitrogens is 1. The molecule has 0 radical (unpaired) electrons. The largest absolute Gasteiger partial charge is 0.383 e. The van der Waals surface area contributed by atoms with Gasteiger partial charge in [0.05, 0.1) is 6.61 Å². The zero-order valence-electron chi connectivity index (χ0n) is 18.2. The summed E-state index contributed by atoms with van der Waals surface area (Å²) in [5.41, 5.74) is 3.42. The molecule has 0 aliphatic heterocycles. The maximum Gasteiger partial charge on any atom is 0.244 e. The van der Waals surface area contributed by atoms with E-state index >= 15 is 0 Å². The Hall–Kier alpha value is -2.91. The molecule has 2 aromatic rings. The van der Waals surface area contributed by atoms with Crippen molar-refractivity contribution in [2.45, 2.75) is 39.2 Å². The second kappa shape index (κ2) is 12.1. The summed E-state index contributed by atoms with van der Waals surface area (Å²) in [6, 6.07) is 6.91. The van der Waals surface area contributed by atoms with Crippen LogP contribution >= 0.6 is 0 Å². The van der Waals surface area contributed by atoms with Crippen LogP contribution in [0.3, 0.4) is 0 Å². The maximum atomic E-state index is 13.0. The first-order valence-corrected chi connectivity index (χ1v) is 10.4. The number of rotatable bonds is 12. The van der Waals surface area contributed by atoms with Crippen LogP contribution in [0.4, 0.5) is 0 Å². The third-order valence-electron chi connectivity index (χ3n) is 5.02. The molecule has 1 aromatic heterocycles. The molecule has 9 nitrogen and oxygen atoms in total. The van der Waals surface area contributed by atoms with Crippen LogP contribution in [0.2, 0.25) is 0 Å². The van der Waals surface area contributed by atoms with E-state index in [0.29, 0.717) is 19.6 Å². The Morgan fingerprint density at radius 3 is 2.58 bits per heavy atom. The fourth-order valence-electron chi connectivity index (χ4n) is 3.54. The Kier molecular flexibility index (Phi) is 9.48. The summed E-state index contributed by atoms with van der Waals surface area (Å²) in [6.45, 7) is 4.56. The quantitative estimate of drug-likeness (QED) is 0.197. The molecule has 0 saturated heterocycles. The SMILES string of the molecule is COCCNC(=O)[C@H](Cc1c[nH]c2ccccc12)NC(=O)[C@@H](CC(=O)NO)CC(C)C. The lowest BCUT2D eigenvalue weighted by Gasteiger charge is -2.23. The third-order valence-corrected chi connectivity index (χ3v) is 5.02. The van der Waals surface area contributed by atoms with Crippen molar-refractivity contribution in [1.82, 2.24) is 21.1 Å². The smallest absolute Gasteiger partial charge is 0.244 e. The van der Waals surface area contributed by atoms with Gasteiger partial charge in [0.15, 0.2) is 0 Å². The van der Waals surface area contributed by atoms with Crippen LogP contribution in [-0.4, -0.2) is 54.2 Å². The topological polar surface area (TPSA) is 133 Å². The summed E-state index contributed by atoms with van der Waals surface area (Å²) in [5, 5.41) is 15.4. The minimum Gasteiger partial charge on any atom is -0.383 e. The fraction of sp³-hybridized carbons (Fsp3) is 0.500. The number of fused-ring (bicyclic) bond motifs is 1. The molecule has 170 valence electrons. The van der Waals surface area contributed by atoms with Crippen molar-refractivity contribution in [3.8, 4) is 0 Å². The van der Waals surface area contributed by atoms with Gasteiger partial charge in [0.25, 0.3) is 0 Å². The molecule has 0 aliphatic rings. The maximum absolute atomic E-state index is 13.0. The first-order chi connectivity index (χ1) is 14.8. The van der Waals surface area contributed by atoms with Crippen molar-refractivity contribution in [3.63, 3.8) is 0 Å². The molecule has 2 rings (SSSR count). The highest BCUT2D eigenvalue weighted by Gasteiger charge is 2.28. The molecular weight excluding hydrogens is 400 g/mol. The molecule has 0 fully saturated rings. The second-order valence-corrected chi connectivity index (χ2v) is 7.97. The minimum atomic E-state index is -0.824. The van der Waals surface area contributed by atoms with Crippen molar-refractivity contribution in [2.75, 3.05) is 20.3 Å². The lowest BCUT2D eigenvalue weighted by atomic mass is 9.92. The van der Waals surface area contributed by atoms with Crippen molar-refractivity contribution in [2.24, 2.45) is 11.8 Å². The van der Waals surface area contributed by atoms with Gasteiger partial charge in [0.2, 0.25) is 17.7 Å². The van der Waals surface area contributed by atoms with Gasteiger partial charge in [-0.25, -0.2) is 5.48 Å². The highest BCUT2D eigenvalue weighted by atomic mass is 16.5. The summed E-state index contributed by atoms with van der Waals surface area (Å²) < 4.78 is 4.98. The molecule has 1 heterocycles. The van der Waals surface area contributed by atoms with Gasteiger partial charge in [0.1, 0.15) is 6.04 Å². The van der Waals surface area contributed by atoms with Gasteiger partial charge < -0.3 is 20.4 Å². The van der Waals surface area contributed by atoms with Gasteiger partial charge in [-0.05, 0) is 24.0 Å². The number of hydrogen-bond donors (Lipinski definition) is 5. The van der Waals surface area contributed by atoms with Crippen LogP contribution in [0.5, 0.6) is 0 Å². The van der Waals surface area contributed by atoms with Crippen molar-refractivity contribution in [3.05, 3.63) is 36.0 Å². The Morgan fingerprint density at radius 2 is 1.90 bits per heavy atom. The first kappa shape index (κ1) is 24.4. The number of hydrogen-bond acceptors (Lipinski definition) is 5. The summed E-state index contributed by atoms with van der Waals surface area (Å²) in [4.78, 5) is 40.7. The summed E-state index contributed by atoms with van der Waals surface area (Å²) in [7, 11) is 1.54. The molecule has 0 bridgehead atoms. The third kappa shape index (κ3) is 7.37. The van der Waals surface area contributed by atoms with Crippen molar-refractivity contribution >= 4 is 28.6 Å². The Balaban J connectivity index is 2.20. The lowest BCUT2D eigenvalue weighted by molar-refractivity contribution is -0.136. The van der Waals surface area contributed by atoms with E-state index in [4.69, 9.17) is 9.94 Å². The summed E-state index contributed by atoms with van der Waals surface area (Å²) >= 11 is 0. The predicted molar refractivity (Wildman–Crippen MR) is 116 cm³/mol.